The topological polar surface area (TPSA) is 63.1 Å². The van der Waals surface area contributed by atoms with Crippen LogP contribution < -0.4 is 0 Å². The summed E-state index contributed by atoms with van der Waals surface area (Å²) in [4.78, 5) is 17.2. The monoisotopic (exact) mass is 252 g/mol. The summed E-state index contributed by atoms with van der Waals surface area (Å²) in [5.41, 5.74) is -0.914. The molecule has 0 aliphatic rings. The number of carbonyl (C=O) groups is 1. The number of alkyl halides is 3. The molecule has 0 amide bonds. The first-order chi connectivity index (χ1) is 7.29. The van der Waals surface area contributed by atoms with Crippen LogP contribution in [0.5, 0.6) is 0 Å². The molecule has 16 heavy (non-hydrogen) atoms. The normalized spacial score (nSPS) is 11.5. The van der Waals surface area contributed by atoms with Gasteiger partial charge in [-0.2, -0.15) is 13.2 Å². The third-order valence-corrected chi connectivity index (χ3v) is 2.28. The molecule has 0 bridgehead atoms. The summed E-state index contributed by atoms with van der Waals surface area (Å²) >= 11 is 0.651. The molecule has 1 heterocycles. The Balaban J connectivity index is 2.94. The molecule has 88 valence electrons. The van der Waals surface area contributed by atoms with E-state index >= 15 is 0 Å². The molecule has 0 radical (unpaired) electrons. The van der Waals surface area contributed by atoms with Crippen LogP contribution in [0.3, 0.4) is 0 Å². The molecule has 0 fully saturated rings. The highest BCUT2D eigenvalue weighted by atomic mass is 32.2. The van der Waals surface area contributed by atoms with Gasteiger partial charge in [0.2, 0.25) is 0 Å². The largest absolute Gasteiger partial charge is 0.481 e. The molecule has 1 rings (SSSR count). The Morgan fingerprint density at radius 3 is 2.62 bits per heavy atom. The fourth-order valence-corrected chi connectivity index (χ4v) is 1.50. The van der Waals surface area contributed by atoms with Crippen LogP contribution in [0, 0.1) is 6.92 Å². The maximum Gasteiger partial charge on any atom is 0.433 e. The van der Waals surface area contributed by atoms with Gasteiger partial charge in [-0.05, 0) is 13.0 Å². The first-order valence-electron chi connectivity index (χ1n) is 4.06. The van der Waals surface area contributed by atoms with E-state index in [0.29, 0.717) is 11.8 Å². The van der Waals surface area contributed by atoms with Crippen molar-refractivity contribution < 1.29 is 23.1 Å². The van der Waals surface area contributed by atoms with E-state index < -0.39 is 17.8 Å². The van der Waals surface area contributed by atoms with Crippen LogP contribution in [-0.4, -0.2) is 26.8 Å². The molecule has 0 aliphatic heterocycles. The summed E-state index contributed by atoms with van der Waals surface area (Å²) in [6.45, 7) is 1.39. The smallest absolute Gasteiger partial charge is 0.433 e. The predicted octanol–water partition coefficient (Wildman–Crippen LogP) is 1.98. The highest BCUT2D eigenvalue weighted by Gasteiger charge is 2.33. The molecule has 0 saturated carbocycles. The fraction of sp³-hybridized carbons (Fsp3) is 0.375. The van der Waals surface area contributed by atoms with E-state index in [1.165, 1.54) is 6.92 Å². The van der Waals surface area contributed by atoms with Crippen LogP contribution in [0.1, 0.15) is 11.4 Å². The molecular formula is C8H7F3N2O2S. The van der Waals surface area contributed by atoms with Gasteiger partial charge < -0.3 is 5.11 Å². The molecular weight excluding hydrogens is 245 g/mol. The van der Waals surface area contributed by atoms with Gasteiger partial charge in [0.05, 0.1) is 5.75 Å². The van der Waals surface area contributed by atoms with Crippen LogP contribution in [-0.2, 0) is 11.0 Å². The van der Waals surface area contributed by atoms with Gasteiger partial charge in [0, 0.05) is 5.69 Å². The number of aliphatic carboxylic acids is 1. The molecule has 0 aliphatic carbocycles. The predicted molar refractivity (Wildman–Crippen MR) is 50.1 cm³/mol. The second-order valence-corrected chi connectivity index (χ2v) is 3.80. The lowest BCUT2D eigenvalue weighted by molar-refractivity contribution is -0.141. The van der Waals surface area contributed by atoms with Crippen molar-refractivity contribution in [2.75, 3.05) is 5.75 Å². The van der Waals surface area contributed by atoms with Crippen molar-refractivity contribution >= 4 is 17.7 Å². The van der Waals surface area contributed by atoms with Crippen molar-refractivity contribution in [1.29, 1.82) is 0 Å². The Morgan fingerprint density at radius 2 is 2.12 bits per heavy atom. The average molecular weight is 252 g/mol. The number of nitrogens with zero attached hydrogens (tertiary/aromatic N) is 2. The Labute approximate surface area is 92.9 Å². The summed E-state index contributed by atoms with van der Waals surface area (Å²) in [5.74, 6) is -1.51. The van der Waals surface area contributed by atoms with Crippen LogP contribution in [0.15, 0.2) is 11.2 Å². The molecule has 0 aromatic carbocycles. The van der Waals surface area contributed by atoms with E-state index in [-0.39, 0.29) is 16.6 Å². The SMILES string of the molecule is Cc1cc(C(F)(F)F)nc(SCC(=O)O)n1. The van der Waals surface area contributed by atoms with E-state index in [0.717, 1.165) is 6.07 Å². The molecule has 1 aromatic heterocycles. The minimum absolute atomic E-state index is 0.148. The van der Waals surface area contributed by atoms with Crippen molar-refractivity contribution in [2.24, 2.45) is 0 Å². The zero-order valence-electron chi connectivity index (χ0n) is 8.08. The molecule has 4 nitrogen and oxygen atoms in total. The first kappa shape index (κ1) is 12.8. The highest BCUT2D eigenvalue weighted by molar-refractivity contribution is 7.99. The summed E-state index contributed by atoms with van der Waals surface area (Å²) in [6.07, 6.45) is -4.55. The zero-order chi connectivity index (χ0) is 12.3. The number of halogens is 3. The van der Waals surface area contributed by atoms with Crippen molar-refractivity contribution in [1.82, 2.24) is 9.97 Å². The van der Waals surface area contributed by atoms with E-state index in [9.17, 15) is 18.0 Å². The van der Waals surface area contributed by atoms with Crippen molar-refractivity contribution in [3.63, 3.8) is 0 Å². The summed E-state index contributed by atoms with van der Waals surface area (Å²) in [6, 6.07) is 0.810. The molecule has 0 unspecified atom stereocenters. The van der Waals surface area contributed by atoms with Gasteiger partial charge in [0.15, 0.2) is 5.16 Å². The lowest BCUT2D eigenvalue weighted by Gasteiger charge is -2.07. The summed E-state index contributed by atoms with van der Waals surface area (Å²) in [7, 11) is 0. The Morgan fingerprint density at radius 1 is 1.50 bits per heavy atom. The molecule has 1 N–H and O–H groups in total. The van der Waals surface area contributed by atoms with E-state index in [1.807, 2.05) is 0 Å². The van der Waals surface area contributed by atoms with Gasteiger partial charge in [-0.3, -0.25) is 4.79 Å². The van der Waals surface area contributed by atoms with Crippen LogP contribution in [0.4, 0.5) is 13.2 Å². The lowest BCUT2D eigenvalue weighted by Crippen LogP contribution is -2.10. The quantitative estimate of drug-likeness (QED) is 0.658. The first-order valence-corrected chi connectivity index (χ1v) is 5.05. The van der Waals surface area contributed by atoms with Crippen LogP contribution in [0.2, 0.25) is 0 Å². The molecule has 0 atom stereocenters. The third kappa shape index (κ3) is 3.69. The van der Waals surface area contributed by atoms with Crippen molar-refractivity contribution in [3.05, 3.63) is 17.5 Å². The van der Waals surface area contributed by atoms with Crippen LogP contribution >= 0.6 is 11.8 Å². The van der Waals surface area contributed by atoms with E-state index in [4.69, 9.17) is 5.11 Å². The second kappa shape index (κ2) is 4.69. The van der Waals surface area contributed by atoms with E-state index in [2.05, 4.69) is 9.97 Å². The lowest BCUT2D eigenvalue weighted by atomic mass is 10.3. The zero-order valence-corrected chi connectivity index (χ0v) is 8.89. The summed E-state index contributed by atoms with van der Waals surface area (Å²) in [5, 5.41) is 8.19. The number of thioether (sulfide) groups is 1. The summed E-state index contributed by atoms with van der Waals surface area (Å²) < 4.78 is 37.0. The Hall–Kier alpha value is -1.31. The van der Waals surface area contributed by atoms with Crippen molar-refractivity contribution in [2.45, 2.75) is 18.3 Å². The van der Waals surface area contributed by atoms with Crippen LogP contribution in [0.25, 0.3) is 0 Å². The molecule has 1 aromatic rings. The van der Waals surface area contributed by atoms with Crippen molar-refractivity contribution in [3.8, 4) is 0 Å². The number of aromatic nitrogens is 2. The number of hydrogen-bond acceptors (Lipinski definition) is 4. The van der Waals surface area contributed by atoms with E-state index in [1.54, 1.807) is 0 Å². The minimum Gasteiger partial charge on any atom is -0.481 e. The van der Waals surface area contributed by atoms with Gasteiger partial charge in [-0.15, -0.1) is 0 Å². The number of carboxylic acids is 1. The molecule has 0 spiro atoms. The second-order valence-electron chi connectivity index (χ2n) is 2.86. The average Bonchev–Trinajstić information content (AvgIpc) is 2.12. The van der Waals surface area contributed by atoms with Gasteiger partial charge in [0.25, 0.3) is 0 Å². The van der Waals surface area contributed by atoms with Gasteiger partial charge in [0.1, 0.15) is 5.69 Å². The maximum absolute atomic E-state index is 12.3. The number of rotatable bonds is 3. The van der Waals surface area contributed by atoms with Gasteiger partial charge >= 0.3 is 12.1 Å². The molecule has 0 saturated heterocycles. The fourth-order valence-electron chi connectivity index (χ4n) is 0.877. The molecule has 8 heteroatoms. The highest BCUT2D eigenvalue weighted by Crippen LogP contribution is 2.29. The Kier molecular flexibility index (Phi) is 3.74. The number of hydrogen-bond donors (Lipinski definition) is 1. The maximum atomic E-state index is 12.3. The number of aryl methyl sites for hydroxylation is 1. The Bertz CT molecular complexity index is 409. The minimum atomic E-state index is -4.55. The van der Waals surface area contributed by atoms with Gasteiger partial charge in [-0.1, -0.05) is 11.8 Å². The number of carboxylic acid groups (broad SMARTS) is 1. The van der Waals surface area contributed by atoms with Gasteiger partial charge in [-0.25, -0.2) is 9.97 Å². The standard InChI is InChI=1S/C8H7F3N2O2S/c1-4-2-5(8(9,10)11)13-7(12-4)16-3-6(14)15/h2H,3H2,1H3,(H,14,15). The third-order valence-electron chi connectivity index (χ3n) is 1.45.